The molecule has 0 radical (unpaired) electrons. The summed E-state index contributed by atoms with van der Waals surface area (Å²) in [6.07, 6.45) is 0. The number of methoxy groups -OCH3 is 1. The first-order valence-corrected chi connectivity index (χ1v) is 7.37. The van der Waals surface area contributed by atoms with Crippen LogP contribution in [0.2, 0.25) is 0 Å². The molecule has 0 aliphatic rings. The second kappa shape index (κ2) is 6.72. The molecule has 1 aromatic carbocycles. The van der Waals surface area contributed by atoms with E-state index in [1.807, 2.05) is 11.4 Å². The van der Waals surface area contributed by atoms with E-state index in [-0.39, 0.29) is 6.61 Å². The van der Waals surface area contributed by atoms with Crippen molar-refractivity contribution >= 4 is 11.3 Å². The summed E-state index contributed by atoms with van der Waals surface area (Å²) in [5, 5.41) is 12.3. The smallest absolute Gasteiger partial charge is 0.162 e. The lowest BCUT2D eigenvalue weighted by molar-refractivity contribution is 0.270. The lowest BCUT2D eigenvalue weighted by atomic mass is 10.2. The summed E-state index contributed by atoms with van der Waals surface area (Å²) >= 11 is 1.65. The molecule has 5 heteroatoms. The van der Waals surface area contributed by atoms with Crippen molar-refractivity contribution in [2.24, 2.45) is 0 Å². The van der Waals surface area contributed by atoms with Gasteiger partial charge in [-0.1, -0.05) is 19.9 Å². The molecule has 1 aromatic heterocycles. The summed E-state index contributed by atoms with van der Waals surface area (Å²) in [6, 6.07) is 5.39. The first-order valence-electron chi connectivity index (χ1n) is 6.49. The summed E-state index contributed by atoms with van der Waals surface area (Å²) in [4.78, 5) is 4.53. The Kier molecular flexibility index (Phi) is 4.98. The number of rotatable bonds is 6. The Bertz CT molecular complexity index is 566. The highest BCUT2D eigenvalue weighted by Gasteiger charge is 2.09. The van der Waals surface area contributed by atoms with Crippen LogP contribution in [0.4, 0.5) is 0 Å². The summed E-state index contributed by atoms with van der Waals surface area (Å²) in [6.45, 7) is 4.62. The first kappa shape index (κ1) is 14.8. The Hall–Kier alpha value is -1.59. The van der Waals surface area contributed by atoms with Gasteiger partial charge in [-0.05, 0) is 17.7 Å². The first-order chi connectivity index (χ1) is 9.63. The Labute approximate surface area is 123 Å². The zero-order valence-electron chi connectivity index (χ0n) is 11.9. The molecule has 108 valence electrons. The highest BCUT2D eigenvalue weighted by atomic mass is 32.1. The molecule has 20 heavy (non-hydrogen) atoms. The van der Waals surface area contributed by atoms with Gasteiger partial charge in [0.1, 0.15) is 6.61 Å². The van der Waals surface area contributed by atoms with E-state index in [0.717, 1.165) is 16.3 Å². The highest BCUT2D eigenvalue weighted by Crippen LogP contribution is 2.29. The number of nitrogens with zero attached hydrogens (tertiary/aromatic N) is 1. The second-order valence-corrected chi connectivity index (χ2v) is 5.65. The molecule has 0 saturated heterocycles. The monoisotopic (exact) mass is 293 g/mol. The minimum absolute atomic E-state index is 0.0193. The standard InChI is InChI=1S/C15H19NO3S/c1-10(2)15-16-12(9-20-15)8-19-14-6-11(7-17)4-5-13(14)18-3/h4-6,9-10,17H,7-8H2,1-3H3. The molecule has 0 amide bonds. The van der Waals surface area contributed by atoms with Gasteiger partial charge in [0, 0.05) is 11.3 Å². The molecule has 2 aromatic rings. The number of aromatic nitrogens is 1. The molecule has 0 aliphatic carbocycles. The average Bonchev–Trinajstić information content (AvgIpc) is 2.93. The predicted octanol–water partition coefficient (Wildman–Crippen LogP) is 3.35. The number of aliphatic hydroxyl groups excluding tert-OH is 1. The summed E-state index contributed by atoms with van der Waals surface area (Å²) in [5.41, 5.74) is 1.71. The van der Waals surface area contributed by atoms with Crippen molar-refractivity contribution in [3.8, 4) is 11.5 Å². The van der Waals surface area contributed by atoms with E-state index in [2.05, 4.69) is 18.8 Å². The van der Waals surface area contributed by atoms with Gasteiger partial charge in [-0.25, -0.2) is 4.98 Å². The number of aliphatic hydroxyl groups is 1. The summed E-state index contributed by atoms with van der Waals surface area (Å²) in [7, 11) is 1.60. The van der Waals surface area contributed by atoms with E-state index >= 15 is 0 Å². The number of ether oxygens (including phenoxy) is 2. The Morgan fingerprint density at radius 1 is 1.30 bits per heavy atom. The van der Waals surface area contributed by atoms with Crippen molar-refractivity contribution in [2.45, 2.75) is 33.0 Å². The molecular weight excluding hydrogens is 274 g/mol. The molecule has 0 unspecified atom stereocenters. The fourth-order valence-corrected chi connectivity index (χ4v) is 2.56. The topological polar surface area (TPSA) is 51.6 Å². The van der Waals surface area contributed by atoms with Gasteiger partial charge in [-0.3, -0.25) is 0 Å². The van der Waals surface area contributed by atoms with Gasteiger partial charge in [0.15, 0.2) is 11.5 Å². The van der Waals surface area contributed by atoms with E-state index in [4.69, 9.17) is 14.6 Å². The molecule has 0 bridgehead atoms. The molecular formula is C15H19NO3S. The highest BCUT2D eigenvalue weighted by molar-refractivity contribution is 7.09. The third-order valence-electron chi connectivity index (χ3n) is 2.85. The zero-order valence-corrected chi connectivity index (χ0v) is 12.7. The summed E-state index contributed by atoms with van der Waals surface area (Å²) in [5.74, 6) is 1.71. The lowest BCUT2D eigenvalue weighted by Crippen LogP contribution is -1.99. The maximum absolute atomic E-state index is 9.17. The molecule has 0 aliphatic heterocycles. The van der Waals surface area contributed by atoms with E-state index in [0.29, 0.717) is 24.0 Å². The zero-order chi connectivity index (χ0) is 14.5. The normalized spacial score (nSPS) is 10.8. The van der Waals surface area contributed by atoms with E-state index in [1.54, 1.807) is 30.6 Å². The molecule has 1 heterocycles. The molecule has 4 nitrogen and oxygen atoms in total. The Morgan fingerprint density at radius 2 is 2.10 bits per heavy atom. The van der Waals surface area contributed by atoms with Crippen LogP contribution >= 0.6 is 11.3 Å². The quantitative estimate of drug-likeness (QED) is 0.887. The maximum atomic E-state index is 9.17. The van der Waals surface area contributed by atoms with Gasteiger partial charge in [-0.15, -0.1) is 11.3 Å². The van der Waals surface area contributed by atoms with Crippen molar-refractivity contribution in [1.29, 1.82) is 0 Å². The second-order valence-electron chi connectivity index (χ2n) is 4.76. The van der Waals surface area contributed by atoms with Crippen molar-refractivity contribution < 1.29 is 14.6 Å². The van der Waals surface area contributed by atoms with Gasteiger partial charge in [0.05, 0.1) is 24.4 Å². The molecule has 1 N–H and O–H groups in total. The lowest BCUT2D eigenvalue weighted by Gasteiger charge is -2.10. The van der Waals surface area contributed by atoms with Gasteiger partial charge in [-0.2, -0.15) is 0 Å². The van der Waals surface area contributed by atoms with Crippen LogP contribution in [0, 0.1) is 0 Å². The van der Waals surface area contributed by atoms with Crippen LogP contribution < -0.4 is 9.47 Å². The van der Waals surface area contributed by atoms with Gasteiger partial charge < -0.3 is 14.6 Å². The van der Waals surface area contributed by atoms with Crippen LogP contribution in [0.1, 0.15) is 36.0 Å². The van der Waals surface area contributed by atoms with Crippen LogP contribution in [-0.2, 0) is 13.2 Å². The van der Waals surface area contributed by atoms with E-state index in [9.17, 15) is 0 Å². The molecule has 2 rings (SSSR count). The predicted molar refractivity (Wildman–Crippen MR) is 79.5 cm³/mol. The largest absolute Gasteiger partial charge is 0.493 e. The minimum atomic E-state index is -0.0193. The van der Waals surface area contributed by atoms with Crippen molar-refractivity contribution in [2.75, 3.05) is 7.11 Å². The van der Waals surface area contributed by atoms with Crippen LogP contribution in [-0.4, -0.2) is 17.2 Å². The Morgan fingerprint density at radius 3 is 2.70 bits per heavy atom. The molecule has 0 atom stereocenters. The fraction of sp³-hybridized carbons (Fsp3) is 0.400. The van der Waals surface area contributed by atoms with Crippen LogP contribution in [0.15, 0.2) is 23.6 Å². The third kappa shape index (κ3) is 3.49. The van der Waals surface area contributed by atoms with Gasteiger partial charge >= 0.3 is 0 Å². The van der Waals surface area contributed by atoms with Crippen molar-refractivity contribution in [3.63, 3.8) is 0 Å². The minimum Gasteiger partial charge on any atom is -0.493 e. The number of hydrogen-bond acceptors (Lipinski definition) is 5. The summed E-state index contributed by atoms with van der Waals surface area (Å²) < 4.78 is 11.0. The average molecular weight is 293 g/mol. The number of thiazole rings is 1. The molecule has 0 fully saturated rings. The van der Waals surface area contributed by atoms with Gasteiger partial charge in [0.25, 0.3) is 0 Å². The van der Waals surface area contributed by atoms with Crippen LogP contribution in [0.3, 0.4) is 0 Å². The SMILES string of the molecule is COc1ccc(CO)cc1OCc1csc(C(C)C)n1. The van der Waals surface area contributed by atoms with Crippen molar-refractivity contribution in [1.82, 2.24) is 4.98 Å². The van der Waals surface area contributed by atoms with Crippen molar-refractivity contribution in [3.05, 3.63) is 39.8 Å². The van der Waals surface area contributed by atoms with Crippen LogP contribution in [0.5, 0.6) is 11.5 Å². The molecule has 0 spiro atoms. The van der Waals surface area contributed by atoms with Crippen LogP contribution in [0.25, 0.3) is 0 Å². The van der Waals surface area contributed by atoms with E-state index < -0.39 is 0 Å². The number of hydrogen-bond donors (Lipinski definition) is 1. The Balaban J connectivity index is 2.09. The number of benzene rings is 1. The maximum Gasteiger partial charge on any atom is 0.162 e. The van der Waals surface area contributed by atoms with E-state index in [1.165, 1.54) is 0 Å². The van der Waals surface area contributed by atoms with Gasteiger partial charge in [0.2, 0.25) is 0 Å². The third-order valence-corrected chi connectivity index (χ3v) is 4.04. The fourth-order valence-electron chi connectivity index (χ4n) is 1.74. The molecule has 0 saturated carbocycles.